The third kappa shape index (κ3) is 23.2. The van der Waals surface area contributed by atoms with Crippen molar-refractivity contribution in [2.24, 2.45) is 20.4 Å². The summed E-state index contributed by atoms with van der Waals surface area (Å²) >= 11 is 3.39. The van der Waals surface area contributed by atoms with Gasteiger partial charge in [-0.2, -0.15) is 20.4 Å². The van der Waals surface area contributed by atoms with Crippen LogP contribution in [0.4, 0.5) is 5.69 Å². The number of nitro benzene ring substituents is 1. The summed E-state index contributed by atoms with van der Waals surface area (Å²) < 4.78 is 6.39. The number of halogens is 1. The number of hydrazone groups is 4. The number of hydrogen-bond acceptors (Lipinski definition) is 17. The van der Waals surface area contributed by atoms with Gasteiger partial charge in [0.2, 0.25) is 0 Å². The number of ether oxygens (including phenoxy) is 1. The van der Waals surface area contributed by atoms with E-state index in [1.807, 2.05) is 42.5 Å². The first-order chi connectivity index (χ1) is 44.9. The van der Waals surface area contributed by atoms with E-state index in [0.717, 1.165) is 10.0 Å². The molecule has 0 aliphatic rings. The third-order valence-corrected chi connectivity index (χ3v) is 13.0. The summed E-state index contributed by atoms with van der Waals surface area (Å²) in [5.74, 6) is -2.01. The van der Waals surface area contributed by atoms with Crippen LogP contribution in [0.1, 0.15) is 105 Å². The molecule has 0 bridgehead atoms. The molecule has 0 unspecified atom stereocenters. The van der Waals surface area contributed by atoms with Crippen LogP contribution in [0.15, 0.2) is 232 Å². The zero-order chi connectivity index (χ0) is 67.5. The molecule has 0 spiro atoms. The highest BCUT2D eigenvalue weighted by molar-refractivity contribution is 9.10. The number of carbonyl (C=O) groups is 8. The Kier molecular flexibility index (Phi) is 29.2. The summed E-state index contributed by atoms with van der Waals surface area (Å²) in [7, 11) is 4.61. The minimum Gasteiger partial charge on any atom is -0.507 e. The monoisotopic (exact) mass is 1320 g/mol. The van der Waals surface area contributed by atoms with Gasteiger partial charge in [-0.1, -0.05) is 95.3 Å². The van der Waals surface area contributed by atoms with Crippen LogP contribution >= 0.6 is 15.9 Å². The van der Waals surface area contributed by atoms with E-state index in [9.17, 15) is 53.6 Å². The van der Waals surface area contributed by atoms with E-state index in [0.29, 0.717) is 68.0 Å². The number of nitrogens with zero attached hydrogens (tertiary/aromatic N) is 5. The van der Waals surface area contributed by atoms with Crippen LogP contribution in [0.2, 0.25) is 0 Å². The number of aliphatic hydroxyl groups excluding tert-OH is 1. The lowest BCUT2D eigenvalue weighted by molar-refractivity contribution is -0.385. The topological polar surface area (TPSA) is 363 Å². The van der Waals surface area contributed by atoms with Crippen LogP contribution in [0.25, 0.3) is 0 Å². The van der Waals surface area contributed by atoms with Crippen LogP contribution in [0.5, 0.6) is 11.5 Å². The number of carbonyl (C=O) groups excluding carboxylic acids is 8. The fraction of sp³-hybridized carbons (Fsp3) is 0.0746. The van der Waals surface area contributed by atoms with Crippen LogP contribution in [0.3, 0.4) is 0 Å². The number of aromatic hydroxyl groups is 1. The summed E-state index contributed by atoms with van der Waals surface area (Å²) in [6, 6.07) is 52.0. The number of hydrogen-bond donors (Lipinski definition) is 9. The molecular weight excluding hydrogens is 1260 g/mol. The predicted octanol–water partition coefficient (Wildman–Crippen LogP) is 8.00. The number of Topliss-reactive ketones (excluding diaryl/α,β-unsaturated/α-hetero) is 1. The zero-order valence-corrected chi connectivity index (χ0v) is 51.6. The quantitative estimate of drug-likeness (QED) is 0.0108. The Morgan fingerprint density at radius 1 is 0.452 bits per heavy atom. The maximum absolute atomic E-state index is 12.0. The van der Waals surface area contributed by atoms with Crippen molar-refractivity contribution >= 4 is 93.6 Å². The highest BCUT2D eigenvalue weighted by atomic mass is 79.9. The lowest BCUT2D eigenvalue weighted by Gasteiger charge is -2.06. The molecule has 93 heavy (non-hydrogen) atoms. The van der Waals surface area contributed by atoms with E-state index in [2.05, 4.69) is 80.6 Å². The zero-order valence-electron chi connectivity index (χ0n) is 50.0. The Hall–Kier alpha value is -12.4. The van der Waals surface area contributed by atoms with Gasteiger partial charge < -0.3 is 30.9 Å². The molecule has 8 aromatic rings. The lowest BCUT2D eigenvalue weighted by atomic mass is 10.1. The second-order valence-corrected chi connectivity index (χ2v) is 19.3. The second-order valence-electron chi connectivity index (χ2n) is 18.5. The smallest absolute Gasteiger partial charge is 0.278 e. The number of nitrogens with one attached hydrogen (secondary N) is 7. The maximum Gasteiger partial charge on any atom is 0.278 e. The number of benzene rings is 8. The van der Waals surface area contributed by atoms with Crippen molar-refractivity contribution in [3.63, 3.8) is 0 Å². The van der Waals surface area contributed by atoms with Crippen molar-refractivity contribution in [2.45, 2.75) is 0 Å². The van der Waals surface area contributed by atoms with Crippen molar-refractivity contribution in [2.75, 3.05) is 34.4 Å². The Bertz CT molecular complexity index is 3920. The molecule has 7 amide bonds. The number of phenolic OH excluding ortho intramolecular Hbond substituents is 1. The molecule has 26 heteroatoms. The number of rotatable bonds is 21. The summed E-state index contributed by atoms with van der Waals surface area (Å²) in [5, 5.41) is 52.1. The van der Waals surface area contributed by atoms with Gasteiger partial charge in [0.1, 0.15) is 24.7 Å². The van der Waals surface area contributed by atoms with Gasteiger partial charge in [-0.15, -0.1) is 0 Å². The highest BCUT2D eigenvalue weighted by Gasteiger charge is 2.14. The third-order valence-electron chi connectivity index (χ3n) is 12.3. The molecule has 9 N–H and O–H groups in total. The van der Waals surface area contributed by atoms with E-state index >= 15 is 0 Å². The molecule has 0 fully saturated rings. The normalized spacial score (nSPS) is 10.4. The van der Waals surface area contributed by atoms with Crippen LogP contribution < -0.4 is 42.4 Å². The molecule has 0 saturated carbocycles. The van der Waals surface area contributed by atoms with Crippen molar-refractivity contribution in [1.82, 2.24) is 37.7 Å². The first-order valence-corrected chi connectivity index (χ1v) is 28.3. The van der Waals surface area contributed by atoms with Gasteiger partial charge in [0.25, 0.3) is 47.0 Å². The minimum absolute atomic E-state index is 0.0791. The minimum atomic E-state index is -0.566. The molecule has 0 atom stereocenters. The molecule has 0 aliphatic heterocycles. The van der Waals surface area contributed by atoms with Gasteiger partial charge in [0.05, 0.1) is 35.3 Å². The number of ketones is 1. The fourth-order valence-electron chi connectivity index (χ4n) is 7.36. The molecule has 0 heterocycles. The van der Waals surface area contributed by atoms with E-state index in [-0.39, 0.29) is 40.6 Å². The van der Waals surface area contributed by atoms with Crippen molar-refractivity contribution in [3.8, 4) is 11.5 Å². The van der Waals surface area contributed by atoms with E-state index < -0.39 is 35.0 Å². The first-order valence-electron chi connectivity index (χ1n) is 27.5. The Morgan fingerprint density at radius 2 is 0.763 bits per heavy atom. The van der Waals surface area contributed by atoms with Crippen LogP contribution in [-0.2, 0) is 0 Å². The maximum atomic E-state index is 12.0. The van der Waals surface area contributed by atoms with E-state index in [4.69, 9.17) is 9.84 Å². The molecule has 25 nitrogen and oxygen atoms in total. The summed E-state index contributed by atoms with van der Waals surface area (Å²) in [4.78, 5) is 104. The fourth-order valence-corrected chi connectivity index (χ4v) is 7.74. The molecule has 0 aromatic heterocycles. The molecule has 474 valence electrons. The molecule has 0 saturated heterocycles. The van der Waals surface area contributed by atoms with E-state index in [1.54, 1.807) is 92.1 Å². The number of para-hydroxylation sites is 3. The van der Waals surface area contributed by atoms with Crippen molar-refractivity contribution in [1.29, 1.82) is 0 Å². The van der Waals surface area contributed by atoms with Crippen LogP contribution in [-0.4, -0.2) is 121 Å². The Labute approximate surface area is 541 Å². The molecule has 0 radical (unpaired) electrons. The first kappa shape index (κ1) is 71.3. The molecule has 8 aromatic carbocycles. The molecule has 8 rings (SSSR count). The molecule has 0 aliphatic carbocycles. The number of aliphatic hydroxyl groups is 1. The van der Waals surface area contributed by atoms with Crippen LogP contribution in [0, 0.1) is 10.1 Å². The average molecular weight is 1320 g/mol. The van der Waals surface area contributed by atoms with Gasteiger partial charge in [0, 0.05) is 92.9 Å². The van der Waals surface area contributed by atoms with Gasteiger partial charge in [-0.05, 0) is 121 Å². The summed E-state index contributed by atoms with van der Waals surface area (Å²) in [6.07, 6.45) is 7.24. The number of nitro groups is 1. The highest BCUT2D eigenvalue weighted by Crippen LogP contribution is 2.18. The molecular formula is C67H61BrN12O13. The van der Waals surface area contributed by atoms with E-state index in [1.165, 1.54) is 112 Å². The van der Waals surface area contributed by atoms with Gasteiger partial charge in [-0.25, -0.2) is 21.7 Å². The van der Waals surface area contributed by atoms with Crippen molar-refractivity contribution < 1.29 is 58.2 Å². The van der Waals surface area contributed by atoms with Gasteiger partial charge in [0.15, 0.2) is 5.78 Å². The summed E-state index contributed by atoms with van der Waals surface area (Å²) in [5.41, 5.74) is 14.9. The largest absolute Gasteiger partial charge is 0.507 e. The SMILES string of the molecule is C=CCOc1ccccc1/C=N/NC(=O)c1ccc(C(=O)CO)cc1.CNC(=O)c1ccc(C(=O)N/N=C/c2ccccc2Br)cc1.CNC(=O)c1ccc(C(=O)N/N=C/c2ccccc2O)cc1.CNC(=O)c1ccc(C(=O)N/N=C/c2ccccc2[N+](=O)[O-])cc1. The van der Waals surface area contributed by atoms with Crippen molar-refractivity contribution in [3.05, 3.63) is 288 Å². The summed E-state index contributed by atoms with van der Waals surface area (Å²) in [6.45, 7) is 3.40. The second kappa shape index (κ2) is 38.1. The lowest BCUT2D eigenvalue weighted by Crippen LogP contribution is -2.19. The predicted molar refractivity (Wildman–Crippen MR) is 355 cm³/mol. The van der Waals surface area contributed by atoms with Gasteiger partial charge in [-0.3, -0.25) is 48.5 Å². The Morgan fingerprint density at radius 3 is 1.14 bits per heavy atom. The standard InChI is InChI=1S/C19H18N2O4.C16H14BrN3O2.C16H14N4O4.C16H15N3O3/c1-2-11-25-18-6-4-3-5-16(18)12-20-21-19(24)15-9-7-14(8-10-15)17(23)13-22;1-18-15(21)11-6-8-12(9-7-11)16(22)20-19-10-13-4-2-3-5-14(13)17;1-17-15(21)11-6-8-12(9-7-11)16(22)19-18-10-13-4-2-3-5-14(13)20(23)24;1-17-15(21)11-6-8-12(9-7-11)16(22)19-18-10-13-4-2-3-5-14(13)20/h2-10,12,22H,1,11,13H2,(H,21,24);2-10H,1H3,(H,18,21)(H,20,22);2-10H,1H3,(H,17,21)(H,19,22);2-10,20H,1H3,(H,17,21)(H,19,22)/b20-12+;19-10+;2*18-10+. The van der Waals surface area contributed by atoms with Gasteiger partial charge >= 0.3 is 0 Å². The average Bonchev–Trinajstić information content (AvgIpc) is 1.56. The Balaban J connectivity index is 0.000000225. The number of phenols is 1. The number of amides is 7.